The van der Waals surface area contributed by atoms with Crippen molar-refractivity contribution in [2.45, 2.75) is 44.9 Å². The van der Waals surface area contributed by atoms with Gasteiger partial charge in [-0.2, -0.15) is 0 Å². The van der Waals surface area contributed by atoms with Gasteiger partial charge in [-0.1, -0.05) is 43.7 Å². The molecule has 2 aromatic heterocycles. The molecule has 1 saturated heterocycles. The first-order chi connectivity index (χ1) is 22.5. The van der Waals surface area contributed by atoms with Gasteiger partial charge < -0.3 is 19.8 Å². The molecule has 1 aliphatic rings. The number of carbonyl (C=O) groups excluding carboxylic acids is 1. The number of rotatable bonds is 11. The Balaban J connectivity index is 1.51. The van der Waals surface area contributed by atoms with Gasteiger partial charge in [0, 0.05) is 25.4 Å². The number of carboxylic acids is 2. The SMILES string of the molecule is CCC[C@H](NN(C(=O)OCc1ccccc1)C1CCN(c2nc3c(cc2F)c(=O)c(C(=O)O)cn3-c2ccc(F)cc2F)C1)C(=O)O. The number of pyridine rings is 2. The molecular weight excluding hydrogens is 623 g/mol. The summed E-state index contributed by atoms with van der Waals surface area (Å²) in [5.74, 6) is -6.10. The quantitative estimate of drug-likeness (QED) is 0.198. The van der Waals surface area contributed by atoms with Crippen LogP contribution in [-0.4, -0.2) is 68.0 Å². The van der Waals surface area contributed by atoms with Crippen LogP contribution < -0.4 is 15.8 Å². The second kappa shape index (κ2) is 13.9. The van der Waals surface area contributed by atoms with Crippen LogP contribution in [0.15, 0.2) is 65.6 Å². The molecule has 1 unspecified atom stereocenters. The molecule has 1 amide bonds. The van der Waals surface area contributed by atoms with Crippen LogP contribution in [0.2, 0.25) is 0 Å². The normalized spacial score (nSPS) is 15.1. The van der Waals surface area contributed by atoms with E-state index in [0.717, 1.165) is 34.0 Å². The minimum Gasteiger partial charge on any atom is -0.480 e. The molecule has 12 nitrogen and oxygen atoms in total. The summed E-state index contributed by atoms with van der Waals surface area (Å²) in [4.78, 5) is 55.8. The highest BCUT2D eigenvalue weighted by Crippen LogP contribution is 2.28. The second-order valence-corrected chi connectivity index (χ2v) is 10.9. The zero-order valence-electron chi connectivity index (χ0n) is 25.0. The zero-order valence-corrected chi connectivity index (χ0v) is 25.0. The molecule has 4 aromatic rings. The number of halogens is 3. The van der Waals surface area contributed by atoms with Crippen molar-refractivity contribution in [2.75, 3.05) is 18.0 Å². The van der Waals surface area contributed by atoms with E-state index in [1.165, 1.54) is 4.90 Å². The fourth-order valence-corrected chi connectivity index (χ4v) is 5.39. The smallest absolute Gasteiger partial charge is 0.424 e. The Hall–Kier alpha value is -5.44. The number of hydrazine groups is 1. The molecular formula is C32H30F3N5O7. The van der Waals surface area contributed by atoms with Gasteiger partial charge in [-0.15, -0.1) is 0 Å². The summed E-state index contributed by atoms with van der Waals surface area (Å²) < 4.78 is 50.6. The van der Waals surface area contributed by atoms with E-state index >= 15 is 4.39 Å². The summed E-state index contributed by atoms with van der Waals surface area (Å²) in [7, 11) is 0. The van der Waals surface area contributed by atoms with E-state index in [9.17, 15) is 38.2 Å². The van der Waals surface area contributed by atoms with Crippen molar-refractivity contribution in [2.24, 2.45) is 0 Å². The first-order valence-electron chi connectivity index (χ1n) is 14.7. The molecule has 0 aliphatic carbocycles. The molecule has 0 bridgehead atoms. The first kappa shape index (κ1) is 32.9. The lowest BCUT2D eigenvalue weighted by Crippen LogP contribution is -2.56. The number of carboxylic acid groups (broad SMARTS) is 2. The lowest BCUT2D eigenvalue weighted by atomic mass is 10.1. The molecule has 0 saturated carbocycles. The number of nitrogens with one attached hydrogen (secondary N) is 1. The van der Waals surface area contributed by atoms with Crippen LogP contribution in [0.3, 0.4) is 0 Å². The summed E-state index contributed by atoms with van der Waals surface area (Å²) in [6, 6.07) is 10.3. The molecule has 2 atom stereocenters. The maximum absolute atomic E-state index is 15.6. The first-order valence-corrected chi connectivity index (χ1v) is 14.7. The highest BCUT2D eigenvalue weighted by molar-refractivity contribution is 5.92. The van der Waals surface area contributed by atoms with E-state index in [1.54, 1.807) is 37.3 Å². The van der Waals surface area contributed by atoms with Crippen LogP contribution in [0, 0.1) is 17.5 Å². The maximum Gasteiger partial charge on any atom is 0.424 e. The molecule has 0 spiro atoms. The number of hydrogen-bond donors (Lipinski definition) is 3. The third-order valence-electron chi connectivity index (χ3n) is 7.71. The Morgan fingerprint density at radius 1 is 1.09 bits per heavy atom. The van der Waals surface area contributed by atoms with Gasteiger partial charge in [0.25, 0.3) is 0 Å². The van der Waals surface area contributed by atoms with Crippen molar-refractivity contribution in [1.82, 2.24) is 20.0 Å². The van der Waals surface area contributed by atoms with Crippen LogP contribution in [0.1, 0.15) is 42.1 Å². The number of nitrogens with zero attached hydrogens (tertiary/aromatic N) is 4. The number of benzene rings is 2. The fraction of sp³-hybridized carbons (Fsp3) is 0.281. The summed E-state index contributed by atoms with van der Waals surface area (Å²) in [5.41, 5.74) is 0.986. The molecule has 1 aliphatic heterocycles. The predicted octanol–water partition coefficient (Wildman–Crippen LogP) is 4.48. The van der Waals surface area contributed by atoms with Gasteiger partial charge in [-0.25, -0.2) is 38.2 Å². The lowest BCUT2D eigenvalue weighted by molar-refractivity contribution is -0.141. The van der Waals surface area contributed by atoms with Crippen LogP contribution >= 0.6 is 0 Å². The number of aromatic carboxylic acids is 1. The van der Waals surface area contributed by atoms with Gasteiger partial charge in [0.1, 0.15) is 29.8 Å². The highest BCUT2D eigenvalue weighted by Gasteiger charge is 2.36. The van der Waals surface area contributed by atoms with Gasteiger partial charge in [0.15, 0.2) is 17.3 Å². The number of aliphatic carboxylic acids is 1. The Bertz CT molecular complexity index is 1890. The number of fused-ring (bicyclic) bond motifs is 1. The molecule has 3 N–H and O–H groups in total. The number of aromatic nitrogens is 2. The molecule has 15 heteroatoms. The van der Waals surface area contributed by atoms with Crippen molar-refractivity contribution in [3.63, 3.8) is 0 Å². The van der Waals surface area contributed by atoms with Gasteiger partial charge in [-0.3, -0.25) is 14.2 Å². The number of ether oxygens (including phenoxy) is 1. The standard InChI is InChI=1S/C32H30F3N5O7/c1-2-6-25(31(44)45)37-40(32(46)47-17-18-7-4-3-5-8-18)20-11-12-38(15-20)29-24(35)14-21-27(41)22(30(42)43)16-39(28(21)36-29)26-10-9-19(33)13-23(26)34/h3-5,7-10,13-14,16,20,25,37H,2,6,11-12,15,17H2,1H3,(H,42,43)(H,44,45)/t20?,25-/m0/s1. The Morgan fingerprint density at radius 2 is 1.83 bits per heavy atom. The van der Waals surface area contributed by atoms with Crippen LogP contribution in [-0.2, 0) is 16.1 Å². The number of anilines is 1. The van der Waals surface area contributed by atoms with Gasteiger partial charge in [-0.05, 0) is 36.6 Å². The molecule has 1 fully saturated rings. The number of hydrogen-bond acceptors (Lipinski definition) is 8. The minimum atomic E-state index is -1.64. The monoisotopic (exact) mass is 653 g/mol. The van der Waals surface area contributed by atoms with E-state index in [-0.39, 0.29) is 49.7 Å². The average molecular weight is 654 g/mol. The minimum absolute atomic E-state index is 0.0519. The van der Waals surface area contributed by atoms with Crippen LogP contribution in [0.25, 0.3) is 16.7 Å². The van der Waals surface area contributed by atoms with Crippen molar-refractivity contribution in [1.29, 1.82) is 0 Å². The number of amides is 1. The third kappa shape index (κ3) is 7.04. The van der Waals surface area contributed by atoms with Crippen molar-refractivity contribution >= 4 is 34.9 Å². The van der Waals surface area contributed by atoms with Crippen molar-refractivity contribution < 1.29 is 42.5 Å². The Morgan fingerprint density at radius 3 is 2.49 bits per heavy atom. The summed E-state index contributed by atoms with van der Waals surface area (Å²) in [5, 5.41) is 20.0. The zero-order chi connectivity index (χ0) is 33.8. The summed E-state index contributed by atoms with van der Waals surface area (Å²) in [6.07, 6.45) is 0.906. The molecule has 0 radical (unpaired) electrons. The number of carbonyl (C=O) groups is 3. The van der Waals surface area contributed by atoms with E-state index < -0.39 is 63.9 Å². The Kier molecular flexibility index (Phi) is 9.75. The molecule has 3 heterocycles. The summed E-state index contributed by atoms with van der Waals surface area (Å²) in [6.45, 7) is 1.77. The van der Waals surface area contributed by atoms with Crippen LogP contribution in [0.4, 0.5) is 23.8 Å². The largest absolute Gasteiger partial charge is 0.480 e. The fourth-order valence-electron chi connectivity index (χ4n) is 5.39. The topological polar surface area (TPSA) is 154 Å². The lowest BCUT2D eigenvalue weighted by Gasteiger charge is -2.31. The maximum atomic E-state index is 15.6. The van der Waals surface area contributed by atoms with E-state index in [1.807, 2.05) is 0 Å². The predicted molar refractivity (Wildman–Crippen MR) is 163 cm³/mol. The molecule has 47 heavy (non-hydrogen) atoms. The van der Waals surface area contributed by atoms with E-state index in [0.29, 0.717) is 18.1 Å². The molecule has 2 aromatic carbocycles. The average Bonchev–Trinajstić information content (AvgIpc) is 3.52. The van der Waals surface area contributed by atoms with Gasteiger partial charge >= 0.3 is 18.0 Å². The van der Waals surface area contributed by atoms with Gasteiger partial charge in [0.2, 0.25) is 5.43 Å². The van der Waals surface area contributed by atoms with Crippen molar-refractivity contribution in [3.8, 4) is 5.69 Å². The highest BCUT2D eigenvalue weighted by atomic mass is 19.1. The second-order valence-electron chi connectivity index (χ2n) is 10.9. The molecule has 5 rings (SSSR count). The van der Waals surface area contributed by atoms with Crippen LogP contribution in [0.5, 0.6) is 0 Å². The summed E-state index contributed by atoms with van der Waals surface area (Å²) >= 11 is 0. The van der Waals surface area contributed by atoms with Gasteiger partial charge in [0.05, 0.1) is 17.1 Å². The van der Waals surface area contributed by atoms with E-state index in [2.05, 4.69) is 10.4 Å². The third-order valence-corrected chi connectivity index (χ3v) is 7.71. The molecule has 246 valence electrons. The Labute approximate surface area is 265 Å². The van der Waals surface area contributed by atoms with Crippen molar-refractivity contribution in [3.05, 3.63) is 99.6 Å². The van der Waals surface area contributed by atoms with E-state index in [4.69, 9.17) is 4.74 Å².